The first kappa shape index (κ1) is 16.7. The van der Waals surface area contributed by atoms with E-state index in [9.17, 15) is 9.59 Å². The monoisotopic (exact) mass is 349 g/mol. The number of nitrogens with zero attached hydrogens (tertiary/aromatic N) is 3. The van der Waals surface area contributed by atoms with E-state index < -0.39 is 6.04 Å². The van der Waals surface area contributed by atoms with Crippen LogP contribution < -0.4 is 10.6 Å². The van der Waals surface area contributed by atoms with Gasteiger partial charge in [0.05, 0.1) is 6.42 Å². The average molecular weight is 350 g/mol. The maximum absolute atomic E-state index is 12.1. The highest BCUT2D eigenvalue weighted by Gasteiger charge is 2.31. The van der Waals surface area contributed by atoms with Crippen molar-refractivity contribution in [2.24, 2.45) is 4.99 Å². The Morgan fingerprint density at radius 2 is 1.96 bits per heavy atom. The Kier molecular flexibility index (Phi) is 5.01. The molecule has 0 saturated carbocycles. The van der Waals surface area contributed by atoms with Crippen molar-refractivity contribution < 1.29 is 9.59 Å². The second kappa shape index (κ2) is 7.19. The second-order valence-electron chi connectivity index (χ2n) is 6.01. The molecule has 0 spiro atoms. The summed E-state index contributed by atoms with van der Waals surface area (Å²) in [5, 5.41) is 6.14. The van der Waals surface area contributed by atoms with Gasteiger partial charge < -0.3 is 15.1 Å². The Morgan fingerprint density at radius 3 is 2.62 bits per heavy atom. The van der Waals surface area contributed by atoms with E-state index in [2.05, 4.69) is 32.5 Å². The number of amides is 2. The Labute approximate surface area is 145 Å². The van der Waals surface area contributed by atoms with Crippen molar-refractivity contribution in [2.75, 3.05) is 38.5 Å². The minimum Gasteiger partial charge on any atom is -0.340 e. The van der Waals surface area contributed by atoms with Crippen LogP contribution in [0.5, 0.6) is 0 Å². The molecule has 8 heteroatoms. The number of guanidine groups is 1. The first-order valence-corrected chi connectivity index (χ1v) is 8.26. The summed E-state index contributed by atoms with van der Waals surface area (Å²) in [5.74, 6) is 0.105. The van der Waals surface area contributed by atoms with Gasteiger partial charge in [0.15, 0.2) is 0 Å². The summed E-state index contributed by atoms with van der Waals surface area (Å²) in [6, 6.07) is 6.15. The fourth-order valence-electron chi connectivity index (χ4n) is 2.67. The summed E-state index contributed by atoms with van der Waals surface area (Å²) in [5.41, 5.74) is 0.645. The summed E-state index contributed by atoms with van der Waals surface area (Å²) in [6.07, 6.45) is 0.0195. The Bertz CT molecular complexity index is 653. The van der Waals surface area contributed by atoms with Gasteiger partial charge in [0.2, 0.25) is 11.9 Å². The van der Waals surface area contributed by atoms with Gasteiger partial charge in [-0.2, -0.15) is 0 Å². The van der Waals surface area contributed by atoms with E-state index in [1.54, 1.807) is 24.3 Å². The van der Waals surface area contributed by atoms with Crippen molar-refractivity contribution in [3.8, 4) is 0 Å². The summed E-state index contributed by atoms with van der Waals surface area (Å²) in [6.45, 7) is 3.49. The topological polar surface area (TPSA) is 77.0 Å². The van der Waals surface area contributed by atoms with E-state index in [0.29, 0.717) is 16.7 Å². The summed E-state index contributed by atoms with van der Waals surface area (Å²) in [7, 11) is 2.07. The van der Waals surface area contributed by atoms with Crippen molar-refractivity contribution in [3.05, 3.63) is 29.3 Å². The number of carbonyl (C=O) groups excluding carboxylic acids is 2. The molecule has 128 valence electrons. The van der Waals surface area contributed by atoms with Crippen LogP contribution in [0.1, 0.15) is 6.42 Å². The SMILES string of the molecule is CN1CCN(C2=N[C@H](CC(=O)Nc3ccc(Cl)cc3)C(=O)N2)CC1. The molecule has 0 radical (unpaired) electrons. The molecule has 2 aliphatic heterocycles. The molecule has 7 nitrogen and oxygen atoms in total. The highest BCUT2D eigenvalue weighted by atomic mass is 35.5. The van der Waals surface area contributed by atoms with Gasteiger partial charge in [0.25, 0.3) is 5.91 Å². The molecule has 1 saturated heterocycles. The normalized spacial score (nSPS) is 21.4. The minimum atomic E-state index is -0.674. The van der Waals surface area contributed by atoms with Crippen LogP contribution in [0.4, 0.5) is 5.69 Å². The average Bonchev–Trinajstić information content (AvgIpc) is 2.91. The Balaban J connectivity index is 1.57. The molecule has 1 aromatic carbocycles. The first-order valence-electron chi connectivity index (χ1n) is 7.89. The zero-order valence-corrected chi connectivity index (χ0v) is 14.2. The lowest BCUT2D eigenvalue weighted by Crippen LogP contribution is -2.50. The molecule has 1 aromatic rings. The maximum Gasteiger partial charge on any atom is 0.252 e. The lowest BCUT2D eigenvalue weighted by atomic mass is 10.2. The second-order valence-corrected chi connectivity index (χ2v) is 6.44. The molecule has 0 aliphatic carbocycles. The zero-order chi connectivity index (χ0) is 17.1. The Morgan fingerprint density at radius 1 is 1.29 bits per heavy atom. The number of halogens is 1. The first-order chi connectivity index (χ1) is 11.5. The number of likely N-dealkylation sites (N-methyl/N-ethyl adjacent to an activating group) is 1. The number of rotatable bonds is 3. The highest BCUT2D eigenvalue weighted by Crippen LogP contribution is 2.15. The molecule has 0 unspecified atom stereocenters. The molecule has 2 heterocycles. The lowest BCUT2D eigenvalue weighted by Gasteiger charge is -2.33. The van der Waals surface area contributed by atoms with Crippen LogP contribution in [0, 0.1) is 0 Å². The van der Waals surface area contributed by atoms with Crippen molar-refractivity contribution in [1.29, 1.82) is 0 Å². The predicted octanol–water partition coefficient (Wildman–Crippen LogP) is 0.770. The molecule has 0 bridgehead atoms. The quantitative estimate of drug-likeness (QED) is 0.845. The van der Waals surface area contributed by atoms with Crippen LogP contribution in [-0.2, 0) is 9.59 Å². The van der Waals surface area contributed by atoms with Crippen molar-refractivity contribution in [1.82, 2.24) is 15.1 Å². The van der Waals surface area contributed by atoms with Crippen LogP contribution in [0.2, 0.25) is 5.02 Å². The number of aliphatic imine (C=N–C) groups is 1. The van der Waals surface area contributed by atoms with E-state index in [0.717, 1.165) is 26.2 Å². The van der Waals surface area contributed by atoms with Crippen LogP contribution in [-0.4, -0.2) is 66.8 Å². The van der Waals surface area contributed by atoms with Gasteiger partial charge in [-0.3, -0.25) is 14.9 Å². The maximum atomic E-state index is 12.1. The van der Waals surface area contributed by atoms with E-state index >= 15 is 0 Å². The van der Waals surface area contributed by atoms with Crippen LogP contribution in [0.15, 0.2) is 29.3 Å². The molecule has 24 heavy (non-hydrogen) atoms. The molecule has 3 rings (SSSR count). The van der Waals surface area contributed by atoms with Crippen LogP contribution in [0.3, 0.4) is 0 Å². The van der Waals surface area contributed by atoms with Crippen molar-refractivity contribution in [3.63, 3.8) is 0 Å². The van der Waals surface area contributed by atoms with Crippen LogP contribution >= 0.6 is 11.6 Å². The molecule has 1 fully saturated rings. The van der Waals surface area contributed by atoms with Crippen LogP contribution in [0.25, 0.3) is 0 Å². The number of carbonyl (C=O) groups is 2. The van der Waals surface area contributed by atoms with E-state index in [4.69, 9.17) is 11.6 Å². The van der Waals surface area contributed by atoms with E-state index in [1.165, 1.54) is 0 Å². The van der Waals surface area contributed by atoms with Crippen molar-refractivity contribution in [2.45, 2.75) is 12.5 Å². The number of piperazine rings is 1. The molecular formula is C16H20ClN5O2. The van der Waals surface area contributed by atoms with Gasteiger partial charge in [-0.15, -0.1) is 0 Å². The number of benzene rings is 1. The number of hydrogen-bond acceptors (Lipinski definition) is 5. The third kappa shape index (κ3) is 4.04. The fourth-order valence-corrected chi connectivity index (χ4v) is 2.80. The van der Waals surface area contributed by atoms with Gasteiger partial charge in [-0.1, -0.05) is 11.6 Å². The van der Waals surface area contributed by atoms with E-state index in [1.807, 2.05) is 0 Å². The van der Waals surface area contributed by atoms with E-state index in [-0.39, 0.29) is 18.2 Å². The third-order valence-corrected chi connectivity index (χ3v) is 4.38. The molecule has 0 aromatic heterocycles. The summed E-state index contributed by atoms with van der Waals surface area (Å²) < 4.78 is 0. The Hall–Kier alpha value is -2.12. The molecule has 2 amide bonds. The smallest absolute Gasteiger partial charge is 0.252 e. The molecule has 2 N–H and O–H groups in total. The molecular weight excluding hydrogens is 330 g/mol. The van der Waals surface area contributed by atoms with Gasteiger partial charge in [-0.05, 0) is 31.3 Å². The highest BCUT2D eigenvalue weighted by molar-refractivity contribution is 6.30. The largest absolute Gasteiger partial charge is 0.340 e. The van der Waals surface area contributed by atoms with Gasteiger partial charge in [0.1, 0.15) is 6.04 Å². The van der Waals surface area contributed by atoms with Gasteiger partial charge >= 0.3 is 0 Å². The number of hydrogen-bond donors (Lipinski definition) is 2. The van der Waals surface area contributed by atoms with Crippen molar-refractivity contribution >= 4 is 35.1 Å². The number of anilines is 1. The summed E-state index contributed by atoms with van der Waals surface area (Å²) >= 11 is 5.81. The molecule has 2 aliphatic rings. The number of nitrogens with one attached hydrogen (secondary N) is 2. The predicted molar refractivity (Wildman–Crippen MR) is 93.1 cm³/mol. The fraction of sp³-hybridized carbons (Fsp3) is 0.438. The summed E-state index contributed by atoms with van der Waals surface area (Å²) in [4.78, 5) is 32.8. The standard InChI is InChI=1S/C16H20ClN5O2/c1-21-6-8-22(9-7-21)16-19-13(15(24)20-16)10-14(23)18-12-4-2-11(17)3-5-12/h2-5,13H,6-10H2,1H3,(H,18,23)(H,19,20,24)/t13-/m1/s1. The third-order valence-electron chi connectivity index (χ3n) is 4.13. The minimum absolute atomic E-state index is 0.0195. The molecule has 1 atom stereocenters. The lowest BCUT2D eigenvalue weighted by molar-refractivity contribution is -0.124. The zero-order valence-electron chi connectivity index (χ0n) is 13.5. The van der Waals surface area contributed by atoms with Gasteiger partial charge in [0, 0.05) is 36.9 Å². The van der Waals surface area contributed by atoms with Gasteiger partial charge in [-0.25, -0.2) is 4.99 Å².